The number of hydrogen-bond donors (Lipinski definition) is 3. The molecular weight excluding hydrogens is 490 g/mol. The number of amides is 2. The van der Waals surface area contributed by atoms with Crippen molar-refractivity contribution in [2.45, 2.75) is 58.3 Å². The Morgan fingerprint density at radius 3 is 1.97 bits per heavy atom. The largest absolute Gasteiger partial charge is 0.369 e. The number of aryl methyl sites for hydroxylation is 1. The predicted molar refractivity (Wildman–Crippen MR) is 153 cm³/mol. The van der Waals surface area contributed by atoms with E-state index in [0.29, 0.717) is 38.0 Å². The zero-order valence-corrected chi connectivity index (χ0v) is 22.8. The molecule has 2 atom stereocenters. The first kappa shape index (κ1) is 29.7. The van der Waals surface area contributed by atoms with Crippen molar-refractivity contribution in [1.82, 2.24) is 10.6 Å². The third-order valence-corrected chi connectivity index (χ3v) is 6.41. The van der Waals surface area contributed by atoms with Crippen LogP contribution in [0.15, 0.2) is 84.9 Å². The fourth-order valence-electron chi connectivity index (χ4n) is 4.22. The van der Waals surface area contributed by atoms with Crippen LogP contribution in [-0.4, -0.2) is 36.3 Å². The van der Waals surface area contributed by atoms with Crippen LogP contribution in [0.1, 0.15) is 53.7 Å². The highest BCUT2D eigenvalue weighted by Gasteiger charge is 2.27. The van der Waals surface area contributed by atoms with Crippen molar-refractivity contribution in [3.05, 3.63) is 107 Å². The third kappa shape index (κ3) is 10.1. The highest BCUT2D eigenvalue weighted by Crippen LogP contribution is 2.11. The minimum Gasteiger partial charge on any atom is -0.369 e. The van der Waals surface area contributed by atoms with E-state index in [0.717, 1.165) is 16.7 Å². The van der Waals surface area contributed by atoms with Gasteiger partial charge in [0.1, 0.15) is 12.6 Å². The third-order valence-electron chi connectivity index (χ3n) is 6.41. The molecule has 0 spiro atoms. The van der Waals surface area contributed by atoms with Crippen LogP contribution < -0.4 is 16.4 Å². The lowest BCUT2D eigenvalue weighted by Crippen LogP contribution is -2.52. The van der Waals surface area contributed by atoms with Gasteiger partial charge < -0.3 is 21.1 Å². The van der Waals surface area contributed by atoms with E-state index < -0.39 is 12.1 Å². The van der Waals surface area contributed by atoms with E-state index in [9.17, 15) is 14.4 Å². The van der Waals surface area contributed by atoms with Gasteiger partial charge in [0.05, 0.1) is 12.6 Å². The molecule has 0 heterocycles. The molecule has 0 saturated carbocycles. The van der Waals surface area contributed by atoms with Gasteiger partial charge in [0.15, 0.2) is 5.78 Å². The van der Waals surface area contributed by atoms with Crippen LogP contribution in [0.4, 0.5) is 0 Å². The zero-order valence-electron chi connectivity index (χ0n) is 22.8. The molecule has 39 heavy (non-hydrogen) atoms. The topological polar surface area (TPSA) is 111 Å². The van der Waals surface area contributed by atoms with Gasteiger partial charge in [0.2, 0.25) is 5.91 Å². The average Bonchev–Trinajstić information content (AvgIpc) is 2.95. The molecule has 2 amide bonds. The van der Waals surface area contributed by atoms with E-state index in [4.69, 9.17) is 10.5 Å². The van der Waals surface area contributed by atoms with E-state index in [1.807, 2.05) is 74.5 Å². The van der Waals surface area contributed by atoms with Crippen molar-refractivity contribution in [3.63, 3.8) is 0 Å². The molecule has 3 aromatic rings. The second kappa shape index (κ2) is 15.6. The van der Waals surface area contributed by atoms with Crippen LogP contribution in [0, 0.1) is 5.92 Å². The maximum Gasteiger partial charge on any atom is 0.251 e. The van der Waals surface area contributed by atoms with Crippen LogP contribution in [0.2, 0.25) is 0 Å². The van der Waals surface area contributed by atoms with Gasteiger partial charge in [0, 0.05) is 12.1 Å². The summed E-state index contributed by atoms with van der Waals surface area (Å²) in [5, 5.41) is 5.78. The fourth-order valence-corrected chi connectivity index (χ4v) is 4.22. The average molecular weight is 530 g/mol. The van der Waals surface area contributed by atoms with Crippen molar-refractivity contribution < 1.29 is 19.1 Å². The minimum absolute atomic E-state index is 0.122. The number of benzene rings is 3. The molecule has 0 bridgehead atoms. The molecule has 0 aliphatic carbocycles. The Labute approximate surface area is 231 Å². The molecule has 0 unspecified atom stereocenters. The molecule has 0 radical (unpaired) electrons. The number of ketones is 1. The number of rotatable bonds is 15. The zero-order chi connectivity index (χ0) is 28.0. The Balaban J connectivity index is 1.68. The number of hydrogen-bond acceptors (Lipinski definition) is 5. The lowest BCUT2D eigenvalue weighted by Gasteiger charge is -2.24. The summed E-state index contributed by atoms with van der Waals surface area (Å²) in [7, 11) is 0. The van der Waals surface area contributed by atoms with E-state index in [-0.39, 0.29) is 30.1 Å². The number of nitrogens with one attached hydrogen (secondary N) is 2. The SMILES string of the molecule is CC(C)C[C@H](NC(=O)c1ccc(CN)cc1)C(=O)N[C@@H](CCc1ccccc1)C(=O)COCc1ccccc1. The van der Waals surface area contributed by atoms with Crippen LogP contribution in [0.5, 0.6) is 0 Å². The molecule has 7 heteroatoms. The minimum atomic E-state index is -0.788. The van der Waals surface area contributed by atoms with Gasteiger partial charge in [-0.1, -0.05) is 86.6 Å². The summed E-state index contributed by atoms with van der Waals surface area (Å²) in [6, 6.07) is 24.9. The van der Waals surface area contributed by atoms with Crippen molar-refractivity contribution in [3.8, 4) is 0 Å². The summed E-state index contributed by atoms with van der Waals surface area (Å²) < 4.78 is 5.68. The Morgan fingerprint density at radius 2 is 1.38 bits per heavy atom. The molecule has 0 saturated heterocycles. The molecule has 0 aliphatic heterocycles. The first-order valence-electron chi connectivity index (χ1n) is 13.4. The molecule has 3 aromatic carbocycles. The maximum absolute atomic E-state index is 13.4. The normalized spacial score (nSPS) is 12.5. The Kier molecular flexibility index (Phi) is 11.9. The van der Waals surface area contributed by atoms with Crippen molar-refractivity contribution in [2.75, 3.05) is 6.61 Å². The van der Waals surface area contributed by atoms with E-state index in [1.165, 1.54) is 0 Å². The molecular formula is C32H39N3O4. The smallest absolute Gasteiger partial charge is 0.251 e. The predicted octanol–water partition coefficient (Wildman–Crippen LogP) is 4.19. The number of carbonyl (C=O) groups excluding carboxylic acids is 3. The Hall–Kier alpha value is -3.81. The molecule has 7 nitrogen and oxygen atoms in total. The van der Waals surface area contributed by atoms with Gasteiger partial charge in [-0.25, -0.2) is 0 Å². The first-order valence-corrected chi connectivity index (χ1v) is 13.4. The van der Waals surface area contributed by atoms with Gasteiger partial charge in [-0.2, -0.15) is 0 Å². The molecule has 3 rings (SSSR count). The summed E-state index contributed by atoms with van der Waals surface area (Å²) in [4.78, 5) is 39.6. The van der Waals surface area contributed by atoms with E-state index in [2.05, 4.69) is 10.6 Å². The van der Waals surface area contributed by atoms with Gasteiger partial charge >= 0.3 is 0 Å². The number of ether oxygens (including phenoxy) is 1. The molecule has 4 N–H and O–H groups in total. The summed E-state index contributed by atoms with van der Waals surface area (Å²) in [5.74, 6) is -0.793. The number of nitrogens with two attached hydrogens (primary N) is 1. The second-order valence-electron chi connectivity index (χ2n) is 10.1. The van der Waals surface area contributed by atoms with Gasteiger partial charge in [-0.15, -0.1) is 0 Å². The first-order chi connectivity index (χ1) is 18.9. The lowest BCUT2D eigenvalue weighted by atomic mass is 9.99. The molecule has 206 valence electrons. The van der Waals surface area contributed by atoms with Crippen LogP contribution in [0.25, 0.3) is 0 Å². The summed E-state index contributed by atoms with van der Waals surface area (Å²) in [6.45, 7) is 4.54. The Morgan fingerprint density at radius 1 is 0.769 bits per heavy atom. The Bertz CT molecular complexity index is 1180. The van der Waals surface area contributed by atoms with Crippen molar-refractivity contribution >= 4 is 17.6 Å². The molecule has 0 aliphatic rings. The van der Waals surface area contributed by atoms with Crippen molar-refractivity contribution in [1.29, 1.82) is 0 Å². The number of carbonyl (C=O) groups is 3. The maximum atomic E-state index is 13.4. The summed E-state index contributed by atoms with van der Waals surface area (Å²) in [6.07, 6.45) is 1.47. The highest BCUT2D eigenvalue weighted by atomic mass is 16.5. The highest BCUT2D eigenvalue weighted by molar-refractivity contribution is 5.98. The van der Waals surface area contributed by atoms with Gasteiger partial charge in [-0.3, -0.25) is 14.4 Å². The fraction of sp³-hybridized carbons (Fsp3) is 0.344. The van der Waals surface area contributed by atoms with Gasteiger partial charge in [-0.05, 0) is 54.0 Å². The monoisotopic (exact) mass is 529 g/mol. The summed E-state index contributed by atoms with van der Waals surface area (Å²) >= 11 is 0. The summed E-state index contributed by atoms with van der Waals surface area (Å²) in [5.41, 5.74) is 9.05. The van der Waals surface area contributed by atoms with Crippen LogP contribution in [0.3, 0.4) is 0 Å². The molecule has 0 aromatic heterocycles. The lowest BCUT2D eigenvalue weighted by molar-refractivity contribution is -0.131. The van der Waals surface area contributed by atoms with Gasteiger partial charge in [0.25, 0.3) is 5.91 Å². The van der Waals surface area contributed by atoms with Crippen LogP contribution >= 0.6 is 0 Å². The van der Waals surface area contributed by atoms with Crippen LogP contribution in [-0.2, 0) is 33.9 Å². The number of Topliss-reactive ketones (excluding diaryl/α,β-unsaturated/α-hetero) is 1. The van der Waals surface area contributed by atoms with E-state index in [1.54, 1.807) is 24.3 Å². The molecule has 0 fully saturated rings. The van der Waals surface area contributed by atoms with Crippen molar-refractivity contribution in [2.24, 2.45) is 11.7 Å². The standard InChI is InChI=1S/C32H39N3O4/c1-23(2)19-29(35-31(37)27-16-13-25(20-33)14-17-27)32(38)34-28(18-15-24-9-5-3-6-10-24)30(36)22-39-21-26-11-7-4-8-12-26/h3-14,16-17,23,28-29H,15,18-22,33H2,1-2H3,(H,34,38)(H,35,37)/t28-,29-/m0/s1. The quantitative estimate of drug-likeness (QED) is 0.273. The second-order valence-corrected chi connectivity index (χ2v) is 10.1. The van der Waals surface area contributed by atoms with E-state index >= 15 is 0 Å².